The molecule has 0 spiro atoms. The lowest BCUT2D eigenvalue weighted by Gasteiger charge is -2.11. The van der Waals surface area contributed by atoms with Gasteiger partial charge in [-0.2, -0.15) is 0 Å². The number of non-ortho nitro benzene ring substituents is 1. The van der Waals surface area contributed by atoms with E-state index in [2.05, 4.69) is 5.32 Å². The van der Waals surface area contributed by atoms with Gasteiger partial charge in [-0.1, -0.05) is 12.2 Å². The van der Waals surface area contributed by atoms with Crippen LogP contribution in [0.1, 0.15) is 5.56 Å². The molecule has 0 unspecified atom stereocenters. The lowest BCUT2D eigenvalue weighted by Crippen LogP contribution is -2.14. The summed E-state index contributed by atoms with van der Waals surface area (Å²) in [5, 5.41) is 13.6. The van der Waals surface area contributed by atoms with Gasteiger partial charge in [-0.25, -0.2) is 0 Å². The molecule has 4 nitrogen and oxygen atoms in total. The van der Waals surface area contributed by atoms with Gasteiger partial charge >= 0.3 is 0 Å². The van der Waals surface area contributed by atoms with Gasteiger partial charge in [0.05, 0.1) is 4.92 Å². The molecule has 15 heavy (non-hydrogen) atoms. The van der Waals surface area contributed by atoms with E-state index in [0.29, 0.717) is 0 Å². The van der Waals surface area contributed by atoms with E-state index in [1.807, 2.05) is 18.2 Å². The quantitative estimate of drug-likeness (QED) is 0.590. The molecule has 0 bridgehead atoms. The number of rotatable bonds is 2. The fourth-order valence-corrected chi connectivity index (χ4v) is 1.42. The van der Waals surface area contributed by atoms with Gasteiger partial charge in [0.1, 0.15) is 0 Å². The summed E-state index contributed by atoms with van der Waals surface area (Å²) in [7, 11) is 0. The number of dihydropyridines is 1. The van der Waals surface area contributed by atoms with Crippen LogP contribution in [0.5, 0.6) is 0 Å². The Balaban J connectivity index is 2.27. The van der Waals surface area contributed by atoms with Gasteiger partial charge in [-0.05, 0) is 23.8 Å². The molecular weight excluding hydrogens is 192 g/mol. The second-order valence-electron chi connectivity index (χ2n) is 3.19. The summed E-state index contributed by atoms with van der Waals surface area (Å²) < 4.78 is 0. The monoisotopic (exact) mass is 202 g/mol. The van der Waals surface area contributed by atoms with Gasteiger partial charge in [0.25, 0.3) is 5.69 Å². The van der Waals surface area contributed by atoms with Gasteiger partial charge in [-0.3, -0.25) is 10.1 Å². The third kappa shape index (κ3) is 2.04. The van der Waals surface area contributed by atoms with Crippen molar-refractivity contribution in [2.45, 2.75) is 0 Å². The van der Waals surface area contributed by atoms with Gasteiger partial charge in [0.15, 0.2) is 0 Å². The van der Waals surface area contributed by atoms with E-state index in [0.717, 1.165) is 17.8 Å². The molecule has 0 fully saturated rings. The van der Waals surface area contributed by atoms with Gasteiger partial charge in [-0.15, -0.1) is 0 Å². The molecule has 1 N–H and O–H groups in total. The van der Waals surface area contributed by atoms with Crippen molar-refractivity contribution >= 4 is 11.4 Å². The van der Waals surface area contributed by atoms with Crippen LogP contribution >= 0.6 is 0 Å². The second kappa shape index (κ2) is 3.96. The van der Waals surface area contributed by atoms with Crippen LogP contribution in [0, 0.1) is 10.1 Å². The number of nitro benzene ring substituents is 1. The van der Waals surface area contributed by atoms with E-state index >= 15 is 0 Å². The topological polar surface area (TPSA) is 55.2 Å². The van der Waals surface area contributed by atoms with Crippen molar-refractivity contribution in [1.29, 1.82) is 0 Å². The predicted octanol–water partition coefficient (Wildman–Crippen LogP) is 2.10. The average Bonchev–Trinajstić information content (AvgIpc) is 2.30. The number of benzene rings is 1. The molecular formula is C11H10N2O2. The summed E-state index contributed by atoms with van der Waals surface area (Å²) in [4.78, 5) is 10.1. The predicted molar refractivity (Wildman–Crippen MR) is 58.2 cm³/mol. The van der Waals surface area contributed by atoms with E-state index in [-0.39, 0.29) is 5.69 Å². The van der Waals surface area contributed by atoms with Crippen molar-refractivity contribution in [3.8, 4) is 0 Å². The maximum absolute atomic E-state index is 10.5. The first-order chi connectivity index (χ1) is 7.27. The summed E-state index contributed by atoms with van der Waals surface area (Å²) in [5.41, 5.74) is 2.07. The highest BCUT2D eigenvalue weighted by Crippen LogP contribution is 2.17. The lowest BCUT2D eigenvalue weighted by molar-refractivity contribution is -0.384. The first-order valence-electron chi connectivity index (χ1n) is 4.63. The van der Waals surface area contributed by atoms with Crippen LogP contribution < -0.4 is 5.32 Å². The molecule has 1 heterocycles. The van der Waals surface area contributed by atoms with Crippen LogP contribution in [0.4, 0.5) is 5.69 Å². The number of hydrogen-bond acceptors (Lipinski definition) is 3. The van der Waals surface area contributed by atoms with Crippen molar-refractivity contribution in [3.05, 3.63) is 58.2 Å². The first-order valence-corrected chi connectivity index (χ1v) is 4.63. The molecule has 1 aromatic rings. The van der Waals surface area contributed by atoms with Crippen molar-refractivity contribution in [1.82, 2.24) is 5.32 Å². The van der Waals surface area contributed by atoms with Crippen molar-refractivity contribution < 1.29 is 4.92 Å². The second-order valence-corrected chi connectivity index (χ2v) is 3.19. The molecule has 0 radical (unpaired) electrons. The molecule has 0 saturated carbocycles. The largest absolute Gasteiger partial charge is 0.381 e. The highest BCUT2D eigenvalue weighted by Gasteiger charge is 2.06. The van der Waals surface area contributed by atoms with Crippen LogP contribution in [0.2, 0.25) is 0 Å². The molecule has 1 aliphatic heterocycles. The first kappa shape index (κ1) is 9.45. The van der Waals surface area contributed by atoms with Crippen molar-refractivity contribution in [2.24, 2.45) is 0 Å². The number of hydrogen-bond donors (Lipinski definition) is 1. The number of nitro groups is 1. The van der Waals surface area contributed by atoms with Gasteiger partial charge in [0.2, 0.25) is 0 Å². The molecule has 2 rings (SSSR count). The lowest BCUT2D eigenvalue weighted by atomic mass is 10.1. The maximum Gasteiger partial charge on any atom is 0.269 e. The van der Waals surface area contributed by atoms with E-state index in [9.17, 15) is 10.1 Å². The molecule has 1 aliphatic rings. The zero-order valence-electron chi connectivity index (χ0n) is 8.01. The smallest absolute Gasteiger partial charge is 0.269 e. The van der Waals surface area contributed by atoms with Crippen LogP contribution in [0.3, 0.4) is 0 Å². The number of nitrogens with one attached hydrogen (secondary N) is 1. The van der Waals surface area contributed by atoms with Crippen LogP contribution in [0.15, 0.2) is 42.5 Å². The minimum Gasteiger partial charge on any atom is -0.381 e. The van der Waals surface area contributed by atoms with E-state index in [1.54, 1.807) is 12.1 Å². The normalized spacial score (nSPS) is 14.3. The summed E-state index contributed by atoms with van der Waals surface area (Å²) in [6.07, 6.45) is 5.92. The highest BCUT2D eigenvalue weighted by atomic mass is 16.6. The molecule has 4 heteroatoms. The molecule has 1 aromatic carbocycles. The van der Waals surface area contributed by atoms with Crippen molar-refractivity contribution in [2.75, 3.05) is 6.54 Å². The zero-order valence-corrected chi connectivity index (χ0v) is 8.01. The number of allylic oxidation sites excluding steroid dienone is 2. The molecule has 0 saturated heterocycles. The fourth-order valence-electron chi connectivity index (χ4n) is 1.42. The highest BCUT2D eigenvalue weighted by molar-refractivity contribution is 5.67. The summed E-state index contributed by atoms with van der Waals surface area (Å²) in [5.74, 6) is 0. The molecule has 0 atom stereocenters. The van der Waals surface area contributed by atoms with Gasteiger partial charge < -0.3 is 5.32 Å². The van der Waals surface area contributed by atoms with E-state index < -0.39 is 4.92 Å². The Hall–Kier alpha value is -2.10. The fraction of sp³-hybridized carbons (Fsp3) is 0.0909. The van der Waals surface area contributed by atoms with Crippen LogP contribution in [-0.4, -0.2) is 11.5 Å². The maximum atomic E-state index is 10.5. The minimum atomic E-state index is -0.396. The number of nitrogens with zero attached hydrogens (tertiary/aromatic N) is 1. The molecule has 76 valence electrons. The summed E-state index contributed by atoms with van der Waals surface area (Å²) >= 11 is 0. The third-order valence-electron chi connectivity index (χ3n) is 2.20. The van der Waals surface area contributed by atoms with Crippen molar-refractivity contribution in [3.63, 3.8) is 0 Å². The summed E-state index contributed by atoms with van der Waals surface area (Å²) in [6.45, 7) is 0.794. The Morgan fingerprint density at radius 1 is 1.27 bits per heavy atom. The SMILES string of the molecule is O=[N+]([O-])c1ccc(C2=CC=CCN2)cc1. The molecule has 0 aromatic heterocycles. The Morgan fingerprint density at radius 2 is 2.00 bits per heavy atom. The Bertz CT molecular complexity index is 432. The van der Waals surface area contributed by atoms with Crippen LogP contribution in [-0.2, 0) is 0 Å². The van der Waals surface area contributed by atoms with Crippen LogP contribution in [0.25, 0.3) is 5.70 Å². The Labute approximate surface area is 87.1 Å². The minimum absolute atomic E-state index is 0.116. The standard InChI is InChI=1S/C11H10N2O2/c14-13(15)10-6-4-9(5-7-10)11-3-1-2-8-12-11/h1-7,12H,8H2. The van der Waals surface area contributed by atoms with E-state index in [1.165, 1.54) is 12.1 Å². The zero-order chi connectivity index (χ0) is 10.7. The average molecular weight is 202 g/mol. The van der Waals surface area contributed by atoms with Gasteiger partial charge in [0, 0.05) is 24.4 Å². The third-order valence-corrected chi connectivity index (χ3v) is 2.20. The van der Waals surface area contributed by atoms with E-state index in [4.69, 9.17) is 0 Å². The molecule has 0 amide bonds. The molecule has 0 aliphatic carbocycles. The Morgan fingerprint density at radius 3 is 2.53 bits per heavy atom. The summed E-state index contributed by atoms with van der Waals surface area (Å²) in [6, 6.07) is 6.51. The Kier molecular flexibility index (Phi) is 2.49.